The predicted molar refractivity (Wildman–Crippen MR) is 123 cm³/mol. The number of hydrogen-bond acceptors (Lipinski definition) is 2. The third-order valence-electron chi connectivity index (χ3n) is 5.19. The molecular formula is C25H38O2Si. The first-order valence-electron chi connectivity index (χ1n) is 11.2. The van der Waals surface area contributed by atoms with Gasteiger partial charge in [0, 0.05) is 12.7 Å². The van der Waals surface area contributed by atoms with E-state index in [-0.39, 0.29) is 6.10 Å². The maximum absolute atomic E-state index is 6.86. The van der Waals surface area contributed by atoms with Crippen LogP contribution < -0.4 is 10.4 Å². The molecule has 0 saturated carbocycles. The summed E-state index contributed by atoms with van der Waals surface area (Å²) in [5.74, 6) is 0. The van der Waals surface area contributed by atoms with Crippen LogP contribution in [0.5, 0.6) is 0 Å². The topological polar surface area (TPSA) is 18.5 Å². The van der Waals surface area contributed by atoms with E-state index in [1.54, 1.807) is 0 Å². The minimum atomic E-state index is -2.73. The van der Waals surface area contributed by atoms with Crippen molar-refractivity contribution in [1.82, 2.24) is 0 Å². The standard InChI is InChI=1S/C25H38O2Si/c1-4-6-8-9-16-22-26-28(24-18-12-10-13-19-24,25-20-14-11-15-21-25)27-23(3)17-7-5-2/h10-15,18-21,23H,4-9,16-17,22H2,1-3H3. The lowest BCUT2D eigenvalue weighted by Crippen LogP contribution is -2.64. The van der Waals surface area contributed by atoms with Gasteiger partial charge in [0.2, 0.25) is 0 Å². The minimum Gasteiger partial charge on any atom is -0.388 e. The zero-order valence-corrected chi connectivity index (χ0v) is 19.0. The number of benzene rings is 2. The van der Waals surface area contributed by atoms with E-state index in [0.717, 1.165) is 19.4 Å². The van der Waals surface area contributed by atoms with Crippen LogP contribution in [0.2, 0.25) is 0 Å². The van der Waals surface area contributed by atoms with Crippen LogP contribution in [0.25, 0.3) is 0 Å². The zero-order valence-electron chi connectivity index (χ0n) is 18.0. The molecule has 0 saturated heterocycles. The van der Waals surface area contributed by atoms with Crippen molar-refractivity contribution in [2.45, 2.75) is 78.2 Å². The number of rotatable bonds is 14. The fraction of sp³-hybridized carbons (Fsp3) is 0.520. The summed E-state index contributed by atoms with van der Waals surface area (Å²) in [5, 5.41) is 2.41. The van der Waals surface area contributed by atoms with Gasteiger partial charge < -0.3 is 8.85 Å². The highest BCUT2D eigenvalue weighted by Crippen LogP contribution is 2.17. The summed E-state index contributed by atoms with van der Waals surface area (Å²) in [6, 6.07) is 21.3. The van der Waals surface area contributed by atoms with Gasteiger partial charge in [-0.15, -0.1) is 0 Å². The Kier molecular flexibility index (Phi) is 10.6. The van der Waals surface area contributed by atoms with Gasteiger partial charge in [0.1, 0.15) is 0 Å². The van der Waals surface area contributed by atoms with E-state index in [0.29, 0.717) is 0 Å². The SMILES string of the molecule is CCCCCCCO[Si](OC(C)CCCC)(c1ccccc1)c1ccccc1. The van der Waals surface area contributed by atoms with Crippen LogP contribution in [0.3, 0.4) is 0 Å². The van der Waals surface area contributed by atoms with Gasteiger partial charge in [-0.2, -0.15) is 0 Å². The van der Waals surface area contributed by atoms with Crippen molar-refractivity contribution in [3.05, 3.63) is 60.7 Å². The normalized spacial score (nSPS) is 12.8. The lowest BCUT2D eigenvalue weighted by atomic mass is 10.2. The van der Waals surface area contributed by atoms with Gasteiger partial charge in [-0.25, -0.2) is 0 Å². The van der Waals surface area contributed by atoms with E-state index >= 15 is 0 Å². The molecule has 3 heteroatoms. The predicted octanol–water partition coefficient (Wildman–Crippen LogP) is 5.83. The van der Waals surface area contributed by atoms with Gasteiger partial charge in [-0.3, -0.25) is 0 Å². The largest absolute Gasteiger partial charge is 0.407 e. The molecule has 1 atom stereocenters. The quantitative estimate of drug-likeness (QED) is 0.295. The molecule has 2 aromatic rings. The molecule has 0 aliphatic rings. The first-order chi connectivity index (χ1) is 13.7. The molecule has 28 heavy (non-hydrogen) atoms. The molecule has 0 radical (unpaired) electrons. The second-order valence-electron chi connectivity index (χ2n) is 7.68. The Morgan fingerprint density at radius 1 is 0.714 bits per heavy atom. The van der Waals surface area contributed by atoms with E-state index in [1.807, 2.05) is 0 Å². The Labute approximate surface area is 173 Å². The fourth-order valence-corrected chi connectivity index (χ4v) is 6.96. The average molecular weight is 399 g/mol. The van der Waals surface area contributed by atoms with Gasteiger partial charge in [-0.05, 0) is 30.1 Å². The molecule has 0 heterocycles. The molecule has 0 aromatic heterocycles. The van der Waals surface area contributed by atoms with Gasteiger partial charge >= 0.3 is 8.56 Å². The Balaban J connectivity index is 2.27. The van der Waals surface area contributed by atoms with Gasteiger partial charge in [0.05, 0.1) is 0 Å². The summed E-state index contributed by atoms with van der Waals surface area (Å²) in [6.07, 6.45) is 9.84. The monoisotopic (exact) mass is 398 g/mol. The fourth-order valence-electron chi connectivity index (χ4n) is 3.57. The summed E-state index contributed by atoms with van der Waals surface area (Å²) < 4.78 is 13.6. The molecular weight excluding hydrogens is 360 g/mol. The highest BCUT2D eigenvalue weighted by atomic mass is 28.4. The summed E-state index contributed by atoms with van der Waals surface area (Å²) in [6.45, 7) is 7.46. The second-order valence-corrected chi connectivity index (χ2v) is 10.6. The molecule has 0 spiro atoms. The van der Waals surface area contributed by atoms with Crippen LogP contribution >= 0.6 is 0 Å². The lowest BCUT2D eigenvalue weighted by Gasteiger charge is -2.34. The van der Waals surface area contributed by atoms with Crippen LogP contribution in [0, 0.1) is 0 Å². The van der Waals surface area contributed by atoms with Crippen LogP contribution in [-0.2, 0) is 8.85 Å². The summed E-state index contributed by atoms with van der Waals surface area (Å²) in [7, 11) is -2.73. The Morgan fingerprint density at radius 2 is 1.25 bits per heavy atom. The Bertz CT molecular complexity index is 590. The van der Waals surface area contributed by atoms with Crippen LogP contribution in [-0.4, -0.2) is 21.3 Å². The summed E-state index contributed by atoms with van der Waals surface area (Å²) in [5.41, 5.74) is 0. The molecule has 2 aromatic carbocycles. The van der Waals surface area contributed by atoms with Gasteiger partial charge in [-0.1, -0.05) is 113 Å². The molecule has 0 bridgehead atoms. The zero-order chi connectivity index (χ0) is 20.1. The van der Waals surface area contributed by atoms with E-state index in [1.165, 1.54) is 48.9 Å². The second kappa shape index (κ2) is 12.9. The van der Waals surface area contributed by atoms with Crippen molar-refractivity contribution in [1.29, 1.82) is 0 Å². The van der Waals surface area contributed by atoms with Crippen LogP contribution in [0.1, 0.15) is 72.1 Å². The maximum Gasteiger partial charge on any atom is 0.407 e. The molecule has 2 nitrogen and oxygen atoms in total. The lowest BCUT2D eigenvalue weighted by molar-refractivity contribution is 0.132. The molecule has 0 fully saturated rings. The van der Waals surface area contributed by atoms with E-state index in [9.17, 15) is 0 Å². The van der Waals surface area contributed by atoms with Crippen LogP contribution in [0.4, 0.5) is 0 Å². The van der Waals surface area contributed by atoms with Gasteiger partial charge in [0.15, 0.2) is 0 Å². The molecule has 1 unspecified atom stereocenters. The van der Waals surface area contributed by atoms with Crippen molar-refractivity contribution < 1.29 is 8.85 Å². The van der Waals surface area contributed by atoms with Crippen molar-refractivity contribution in [3.8, 4) is 0 Å². The Hall–Kier alpha value is -1.42. The van der Waals surface area contributed by atoms with E-state index in [4.69, 9.17) is 8.85 Å². The number of hydrogen-bond donors (Lipinski definition) is 0. The Morgan fingerprint density at radius 3 is 1.79 bits per heavy atom. The molecule has 0 N–H and O–H groups in total. The molecule has 154 valence electrons. The summed E-state index contributed by atoms with van der Waals surface area (Å²) >= 11 is 0. The smallest absolute Gasteiger partial charge is 0.388 e. The molecule has 0 aliphatic heterocycles. The first-order valence-corrected chi connectivity index (χ1v) is 13.0. The molecule has 0 amide bonds. The van der Waals surface area contributed by atoms with Crippen molar-refractivity contribution >= 4 is 18.9 Å². The highest BCUT2D eigenvalue weighted by molar-refractivity contribution is 6.92. The number of unbranched alkanes of at least 4 members (excludes halogenated alkanes) is 5. The van der Waals surface area contributed by atoms with E-state index in [2.05, 4.69) is 81.4 Å². The van der Waals surface area contributed by atoms with Crippen LogP contribution in [0.15, 0.2) is 60.7 Å². The highest BCUT2D eigenvalue weighted by Gasteiger charge is 2.43. The minimum absolute atomic E-state index is 0.187. The van der Waals surface area contributed by atoms with Crippen molar-refractivity contribution in [3.63, 3.8) is 0 Å². The molecule has 0 aliphatic carbocycles. The van der Waals surface area contributed by atoms with Gasteiger partial charge in [0.25, 0.3) is 0 Å². The third kappa shape index (κ3) is 6.88. The average Bonchev–Trinajstić information content (AvgIpc) is 2.75. The van der Waals surface area contributed by atoms with E-state index < -0.39 is 8.56 Å². The summed E-state index contributed by atoms with van der Waals surface area (Å²) in [4.78, 5) is 0. The molecule has 2 rings (SSSR count). The maximum atomic E-state index is 6.86. The first kappa shape index (κ1) is 22.9. The van der Waals surface area contributed by atoms with Crippen molar-refractivity contribution in [2.75, 3.05) is 6.61 Å². The third-order valence-corrected chi connectivity index (χ3v) is 8.72. The van der Waals surface area contributed by atoms with Crippen molar-refractivity contribution in [2.24, 2.45) is 0 Å².